The number of hydrogen-bond donors (Lipinski definition) is 1. The van der Waals surface area contributed by atoms with Crippen molar-refractivity contribution in [3.05, 3.63) is 53.4 Å². The molecular formula is C31H42N2O2S. The third-order valence-corrected chi connectivity index (χ3v) is 10.4. The van der Waals surface area contributed by atoms with E-state index >= 15 is 0 Å². The van der Waals surface area contributed by atoms with E-state index in [1.165, 1.54) is 18.4 Å². The van der Waals surface area contributed by atoms with Crippen LogP contribution in [0.4, 0.5) is 0 Å². The Morgan fingerprint density at radius 2 is 2.03 bits per heavy atom. The molecule has 1 aromatic rings. The van der Waals surface area contributed by atoms with E-state index in [9.17, 15) is 9.90 Å². The fourth-order valence-corrected chi connectivity index (χ4v) is 8.23. The molecule has 1 N–H and O–H groups in total. The summed E-state index contributed by atoms with van der Waals surface area (Å²) in [5.41, 5.74) is 1.46. The lowest BCUT2D eigenvalue weighted by Gasteiger charge is -2.58. The minimum Gasteiger partial charge on any atom is -0.393 e. The van der Waals surface area contributed by atoms with E-state index in [4.69, 9.17) is 0 Å². The average molecular weight is 507 g/mol. The number of fused-ring (bicyclic) bond motifs is 5. The second-order valence-corrected chi connectivity index (χ2v) is 12.7. The highest BCUT2D eigenvalue weighted by Crippen LogP contribution is 2.65. The molecule has 0 bridgehead atoms. The van der Waals surface area contributed by atoms with Crippen LogP contribution < -0.4 is 10.7 Å². The number of aliphatic hydroxyl groups excluding tert-OH is 1. The van der Waals surface area contributed by atoms with E-state index in [-0.39, 0.29) is 17.3 Å². The monoisotopic (exact) mass is 506 g/mol. The van der Waals surface area contributed by atoms with Gasteiger partial charge < -0.3 is 5.11 Å². The Bertz CT molecular complexity index is 1190. The summed E-state index contributed by atoms with van der Waals surface area (Å²) in [5, 5.41) is 13.8. The van der Waals surface area contributed by atoms with Crippen LogP contribution in [0.2, 0.25) is 0 Å². The number of hydrogen-bond acceptors (Lipinski definition) is 5. The largest absolute Gasteiger partial charge is 0.393 e. The standard InChI is InChI=1S/C20H28O2.C11H14N2S/c1-12-4-7-16-15-6-5-13-10-14(21)8-9-19(13,2)18(15)17(22)11-20(12,16)3;1-4-7-10-9(5-2)13-11(8-12-10)14-6-3/h8-10,12,15-18,22H,4-7,11H2,1-3H3;4-5,7-8H,1,6H2,2-3H3/b;9-5+,10-7+. The van der Waals surface area contributed by atoms with E-state index < -0.39 is 0 Å². The fourth-order valence-electron chi connectivity index (χ4n) is 7.64. The minimum absolute atomic E-state index is 0.108. The molecule has 0 spiro atoms. The maximum Gasteiger partial charge on any atom is 0.178 e. The van der Waals surface area contributed by atoms with Crippen molar-refractivity contribution in [2.45, 2.75) is 77.9 Å². The van der Waals surface area contributed by atoms with Gasteiger partial charge in [0.2, 0.25) is 0 Å². The SMILES string of the molecule is C=C/C=c1/ncc(SCC)n/c1=C/C.CC1CCC2C3CCC4=CC(=O)C=CC4(C)C3C(O)CC12C. The molecule has 0 aliphatic heterocycles. The molecule has 4 nitrogen and oxygen atoms in total. The first kappa shape index (κ1) is 27.1. The van der Waals surface area contributed by atoms with Crippen LogP contribution in [0.1, 0.15) is 66.7 Å². The molecule has 7 atom stereocenters. The molecule has 5 rings (SSSR count). The second kappa shape index (κ2) is 10.8. The molecule has 5 heteroatoms. The van der Waals surface area contributed by atoms with Gasteiger partial charge in [0.25, 0.3) is 0 Å². The second-order valence-electron chi connectivity index (χ2n) is 11.4. The Morgan fingerprint density at radius 3 is 2.72 bits per heavy atom. The number of nitrogens with zero attached hydrogens (tertiary/aromatic N) is 2. The van der Waals surface area contributed by atoms with Crippen molar-refractivity contribution in [3.63, 3.8) is 0 Å². The molecule has 4 aliphatic rings. The number of aromatic nitrogens is 2. The van der Waals surface area contributed by atoms with Crippen molar-refractivity contribution < 1.29 is 9.90 Å². The molecule has 1 aromatic heterocycles. The summed E-state index contributed by atoms with van der Waals surface area (Å²) in [6, 6.07) is 0. The molecule has 36 heavy (non-hydrogen) atoms. The van der Waals surface area contributed by atoms with Gasteiger partial charge in [0, 0.05) is 11.3 Å². The molecule has 4 aliphatic carbocycles. The summed E-state index contributed by atoms with van der Waals surface area (Å²) in [6.07, 6.45) is 18.5. The first-order valence-corrected chi connectivity index (χ1v) is 14.5. The fraction of sp³-hybridized carbons (Fsp3) is 0.581. The lowest BCUT2D eigenvalue weighted by atomic mass is 9.47. The number of carbonyl (C=O) groups excluding carboxylic acids is 1. The Kier molecular flexibility index (Phi) is 8.11. The van der Waals surface area contributed by atoms with Gasteiger partial charge in [-0.2, -0.15) is 0 Å². The topological polar surface area (TPSA) is 63.1 Å². The van der Waals surface area contributed by atoms with Crippen molar-refractivity contribution in [1.29, 1.82) is 0 Å². The van der Waals surface area contributed by atoms with E-state index in [1.54, 1.807) is 30.1 Å². The quantitative estimate of drug-likeness (QED) is 0.567. The Labute approximate surface area is 220 Å². The van der Waals surface area contributed by atoms with Gasteiger partial charge in [-0.25, -0.2) is 4.98 Å². The maximum absolute atomic E-state index is 11.8. The van der Waals surface area contributed by atoms with Crippen LogP contribution in [0.25, 0.3) is 12.2 Å². The third kappa shape index (κ3) is 4.81. The Morgan fingerprint density at radius 1 is 1.25 bits per heavy atom. The van der Waals surface area contributed by atoms with Gasteiger partial charge >= 0.3 is 0 Å². The van der Waals surface area contributed by atoms with Gasteiger partial charge in [-0.05, 0) is 86.2 Å². The van der Waals surface area contributed by atoms with Gasteiger partial charge in [0.15, 0.2) is 5.78 Å². The average Bonchev–Trinajstić information content (AvgIpc) is 3.14. The van der Waals surface area contributed by atoms with Gasteiger partial charge in [-0.1, -0.05) is 58.1 Å². The van der Waals surface area contributed by atoms with Crippen molar-refractivity contribution >= 4 is 29.7 Å². The van der Waals surface area contributed by atoms with Crippen LogP contribution in [-0.4, -0.2) is 32.7 Å². The van der Waals surface area contributed by atoms with Crippen LogP contribution >= 0.6 is 11.8 Å². The Balaban J connectivity index is 0.000000189. The van der Waals surface area contributed by atoms with Gasteiger partial charge in [-0.3, -0.25) is 9.78 Å². The molecule has 0 saturated heterocycles. The smallest absolute Gasteiger partial charge is 0.178 e. The van der Waals surface area contributed by atoms with Gasteiger partial charge in [-0.15, -0.1) is 11.8 Å². The summed E-state index contributed by atoms with van der Waals surface area (Å²) in [6.45, 7) is 14.8. The number of allylic oxidation sites excluding steroid dienone is 5. The minimum atomic E-state index is -0.238. The lowest BCUT2D eigenvalue weighted by molar-refractivity contribution is -0.117. The first-order chi connectivity index (χ1) is 17.2. The molecule has 0 radical (unpaired) electrons. The normalized spacial score (nSPS) is 37.9. The van der Waals surface area contributed by atoms with Crippen molar-refractivity contribution in [1.82, 2.24) is 9.97 Å². The van der Waals surface area contributed by atoms with E-state index in [0.717, 1.165) is 52.6 Å². The number of carbonyl (C=O) groups is 1. The molecule has 194 valence electrons. The summed E-state index contributed by atoms with van der Waals surface area (Å²) in [4.78, 5) is 20.5. The van der Waals surface area contributed by atoms with Crippen LogP contribution in [0, 0.1) is 34.5 Å². The highest BCUT2D eigenvalue weighted by molar-refractivity contribution is 7.99. The molecule has 0 aromatic carbocycles. The van der Waals surface area contributed by atoms with Crippen molar-refractivity contribution in [2.75, 3.05) is 5.75 Å². The molecule has 3 saturated carbocycles. The predicted octanol–water partition coefficient (Wildman–Crippen LogP) is 5.26. The molecule has 1 heterocycles. The molecule has 7 unspecified atom stereocenters. The van der Waals surface area contributed by atoms with Crippen molar-refractivity contribution in [3.8, 4) is 0 Å². The number of aliphatic hydroxyl groups is 1. The highest BCUT2D eigenvalue weighted by atomic mass is 32.2. The lowest BCUT2D eigenvalue weighted by Crippen LogP contribution is -2.55. The number of rotatable bonds is 3. The van der Waals surface area contributed by atoms with Gasteiger partial charge in [0.1, 0.15) is 5.03 Å². The zero-order valence-corrected chi connectivity index (χ0v) is 23.4. The van der Waals surface area contributed by atoms with Crippen LogP contribution in [-0.2, 0) is 4.79 Å². The van der Waals surface area contributed by atoms with Crippen LogP contribution in [0.5, 0.6) is 0 Å². The zero-order valence-electron chi connectivity index (χ0n) is 22.5. The number of ketones is 1. The van der Waals surface area contributed by atoms with E-state index in [1.807, 2.05) is 25.2 Å². The Hall–Kier alpha value is -1.98. The molecule has 0 amide bonds. The van der Waals surface area contributed by atoms with Crippen molar-refractivity contribution in [2.24, 2.45) is 34.5 Å². The first-order valence-electron chi connectivity index (χ1n) is 13.5. The van der Waals surface area contributed by atoms with Crippen LogP contribution in [0.15, 0.2) is 47.7 Å². The van der Waals surface area contributed by atoms with Crippen LogP contribution in [0.3, 0.4) is 0 Å². The maximum atomic E-state index is 11.8. The summed E-state index contributed by atoms with van der Waals surface area (Å²) >= 11 is 1.70. The molecule has 3 fully saturated rings. The third-order valence-electron chi connectivity index (χ3n) is 9.62. The summed E-state index contributed by atoms with van der Waals surface area (Å²) < 4.78 is 0. The molecular weight excluding hydrogens is 464 g/mol. The highest BCUT2D eigenvalue weighted by Gasteiger charge is 2.60. The summed E-state index contributed by atoms with van der Waals surface area (Å²) in [7, 11) is 0. The number of thioether (sulfide) groups is 1. The predicted molar refractivity (Wildman–Crippen MR) is 150 cm³/mol. The zero-order chi connectivity index (χ0) is 26.1. The summed E-state index contributed by atoms with van der Waals surface area (Å²) in [5.74, 6) is 3.51. The van der Waals surface area contributed by atoms with Gasteiger partial charge in [0.05, 0.1) is 23.0 Å². The van der Waals surface area contributed by atoms with E-state index in [2.05, 4.69) is 50.3 Å². The van der Waals surface area contributed by atoms with E-state index in [0.29, 0.717) is 17.3 Å².